The van der Waals surface area contributed by atoms with Crippen molar-refractivity contribution in [1.82, 2.24) is 4.90 Å². The molecule has 0 radical (unpaired) electrons. The number of carbonyl (C=O) groups excluding carboxylic acids is 3. The second-order valence-electron chi connectivity index (χ2n) is 6.72. The van der Waals surface area contributed by atoms with Gasteiger partial charge in [0.1, 0.15) is 0 Å². The summed E-state index contributed by atoms with van der Waals surface area (Å²) in [4.78, 5) is 37.5. The molecule has 24 heavy (non-hydrogen) atoms. The van der Waals surface area contributed by atoms with Crippen molar-refractivity contribution < 1.29 is 49.0 Å². The van der Waals surface area contributed by atoms with E-state index in [9.17, 15) is 19.5 Å². The first-order valence-corrected chi connectivity index (χ1v) is 7.68. The Bertz CT molecular complexity index is 719. The molecule has 122 valence electrons. The van der Waals surface area contributed by atoms with Crippen LogP contribution in [0.4, 0.5) is 5.69 Å². The average Bonchev–Trinajstić information content (AvgIpc) is 3.19. The van der Waals surface area contributed by atoms with Gasteiger partial charge in [-0.05, 0) is 24.5 Å². The van der Waals surface area contributed by atoms with Crippen LogP contribution >= 0.6 is 0 Å². The monoisotopic (exact) mass is 338 g/mol. The zero-order chi connectivity index (χ0) is 16.9. The van der Waals surface area contributed by atoms with E-state index in [0.29, 0.717) is 24.2 Å². The topological polar surface area (TPSA) is 89.5 Å². The number of fused-ring (bicyclic) bond motifs is 1. The number of amides is 2. The molecule has 6 nitrogen and oxygen atoms in total. The summed E-state index contributed by atoms with van der Waals surface area (Å²) in [6.45, 7) is 4.01. The standard InChI is InChI=1S/C17H20N2O4.Na/c1-9(2)17(16(22)23)7-12(17)14(20)18-13-6-4-5-10-11(13)8-19(3)15(10)21;/h4-6,9,12H,7-8H2,1-3H3,(H,18,20)(H,22,23);/q;+1/p-1. The summed E-state index contributed by atoms with van der Waals surface area (Å²) in [5, 5.41) is 14.2. The minimum absolute atomic E-state index is 0. The Morgan fingerprint density at radius 2 is 2.04 bits per heavy atom. The molecule has 2 unspecified atom stereocenters. The molecule has 1 aliphatic carbocycles. The Labute approximate surface area is 162 Å². The van der Waals surface area contributed by atoms with Gasteiger partial charge in [-0.1, -0.05) is 19.9 Å². The van der Waals surface area contributed by atoms with E-state index >= 15 is 0 Å². The maximum absolute atomic E-state index is 12.5. The average molecular weight is 338 g/mol. The first-order chi connectivity index (χ1) is 10.8. The molecule has 7 heteroatoms. The van der Waals surface area contributed by atoms with E-state index in [0.717, 1.165) is 5.56 Å². The van der Waals surface area contributed by atoms with Crippen molar-refractivity contribution in [3.63, 3.8) is 0 Å². The van der Waals surface area contributed by atoms with E-state index in [4.69, 9.17) is 0 Å². The number of hydrogen-bond acceptors (Lipinski definition) is 4. The van der Waals surface area contributed by atoms with Gasteiger partial charge in [0.05, 0.1) is 5.92 Å². The van der Waals surface area contributed by atoms with E-state index in [2.05, 4.69) is 5.32 Å². The molecule has 2 atom stereocenters. The van der Waals surface area contributed by atoms with Crippen LogP contribution in [0.25, 0.3) is 0 Å². The molecule has 1 aliphatic heterocycles. The molecule has 0 aromatic heterocycles. The first kappa shape index (κ1) is 19.0. The van der Waals surface area contributed by atoms with Crippen molar-refractivity contribution in [3.05, 3.63) is 29.3 Å². The molecule has 2 amide bonds. The number of carboxylic acids is 1. The molecule has 1 saturated carbocycles. The van der Waals surface area contributed by atoms with E-state index in [1.165, 1.54) is 0 Å². The van der Waals surface area contributed by atoms with Gasteiger partial charge in [-0.15, -0.1) is 0 Å². The SMILES string of the molecule is CC(C)C1(C(=O)[O-])CC1C(=O)Nc1cccc2c1CN(C)C2=O.[Na+]. The molecular formula is C17H19N2NaO4. The number of nitrogens with one attached hydrogen (secondary N) is 1. The van der Waals surface area contributed by atoms with Crippen LogP contribution in [0.15, 0.2) is 18.2 Å². The molecule has 0 bridgehead atoms. The van der Waals surface area contributed by atoms with E-state index in [1.807, 2.05) is 0 Å². The van der Waals surface area contributed by atoms with Crippen LogP contribution in [0.5, 0.6) is 0 Å². The fourth-order valence-corrected chi connectivity index (χ4v) is 3.51. The van der Waals surface area contributed by atoms with Crippen molar-refractivity contribution in [2.24, 2.45) is 17.3 Å². The van der Waals surface area contributed by atoms with Crippen molar-refractivity contribution in [2.45, 2.75) is 26.8 Å². The van der Waals surface area contributed by atoms with Crippen molar-refractivity contribution >= 4 is 23.5 Å². The third-order valence-corrected chi connectivity index (χ3v) is 5.14. The molecule has 1 aromatic carbocycles. The predicted octanol–water partition coefficient (Wildman–Crippen LogP) is -2.37. The zero-order valence-electron chi connectivity index (χ0n) is 14.4. The van der Waals surface area contributed by atoms with Gasteiger partial charge in [-0.3, -0.25) is 9.59 Å². The van der Waals surface area contributed by atoms with Crippen LogP contribution in [0.1, 0.15) is 36.2 Å². The summed E-state index contributed by atoms with van der Waals surface area (Å²) < 4.78 is 0. The van der Waals surface area contributed by atoms with Crippen LogP contribution in [-0.4, -0.2) is 29.7 Å². The van der Waals surface area contributed by atoms with Crippen LogP contribution in [-0.2, 0) is 16.1 Å². The summed E-state index contributed by atoms with van der Waals surface area (Å²) in [6.07, 6.45) is 0.298. The molecule has 1 N–H and O–H groups in total. The molecule has 0 saturated heterocycles. The number of hydrogen-bond donors (Lipinski definition) is 1. The number of carboxylic acid groups (broad SMARTS) is 1. The number of carbonyl (C=O) groups is 3. The molecule has 1 fully saturated rings. The van der Waals surface area contributed by atoms with Gasteiger partial charge in [-0.25, -0.2) is 0 Å². The summed E-state index contributed by atoms with van der Waals surface area (Å²) in [6, 6.07) is 5.18. The molecular weight excluding hydrogens is 319 g/mol. The van der Waals surface area contributed by atoms with E-state index in [-0.39, 0.29) is 47.3 Å². The molecule has 0 spiro atoms. The van der Waals surface area contributed by atoms with Gasteiger partial charge < -0.3 is 20.1 Å². The smallest absolute Gasteiger partial charge is 0.550 e. The predicted molar refractivity (Wildman–Crippen MR) is 81.3 cm³/mol. The number of aliphatic carboxylic acids is 1. The summed E-state index contributed by atoms with van der Waals surface area (Å²) in [5.41, 5.74) is 0.857. The van der Waals surface area contributed by atoms with Gasteiger partial charge >= 0.3 is 29.6 Å². The van der Waals surface area contributed by atoms with Gasteiger partial charge in [-0.2, -0.15) is 0 Å². The largest absolute Gasteiger partial charge is 1.00 e. The van der Waals surface area contributed by atoms with E-state index in [1.54, 1.807) is 44.0 Å². The number of rotatable bonds is 4. The third kappa shape index (κ3) is 2.76. The van der Waals surface area contributed by atoms with E-state index < -0.39 is 17.3 Å². The fourth-order valence-electron chi connectivity index (χ4n) is 3.51. The van der Waals surface area contributed by atoms with Gasteiger partial charge in [0.25, 0.3) is 5.91 Å². The Morgan fingerprint density at radius 1 is 1.38 bits per heavy atom. The first-order valence-electron chi connectivity index (χ1n) is 7.68. The normalized spacial score (nSPS) is 24.4. The number of anilines is 1. The maximum Gasteiger partial charge on any atom is 1.00 e. The minimum atomic E-state index is -1.17. The van der Waals surface area contributed by atoms with Crippen molar-refractivity contribution in [2.75, 3.05) is 12.4 Å². The van der Waals surface area contributed by atoms with Crippen molar-refractivity contribution in [1.29, 1.82) is 0 Å². The summed E-state index contributed by atoms with van der Waals surface area (Å²) in [7, 11) is 1.70. The fraction of sp³-hybridized carbons (Fsp3) is 0.471. The second-order valence-corrected chi connectivity index (χ2v) is 6.72. The third-order valence-electron chi connectivity index (χ3n) is 5.14. The van der Waals surface area contributed by atoms with Crippen LogP contribution in [0.3, 0.4) is 0 Å². The second kappa shape index (κ2) is 6.50. The Hall–Kier alpha value is -1.37. The van der Waals surface area contributed by atoms with Gasteiger partial charge in [0.15, 0.2) is 0 Å². The molecule has 3 rings (SSSR count). The number of benzene rings is 1. The van der Waals surface area contributed by atoms with Gasteiger partial charge in [0.2, 0.25) is 5.91 Å². The van der Waals surface area contributed by atoms with Crippen LogP contribution in [0, 0.1) is 17.3 Å². The maximum atomic E-state index is 12.5. The Kier molecular flexibility index (Phi) is 5.14. The molecule has 2 aliphatic rings. The summed E-state index contributed by atoms with van der Waals surface area (Å²) in [5.74, 6) is -2.32. The zero-order valence-corrected chi connectivity index (χ0v) is 16.4. The summed E-state index contributed by atoms with van der Waals surface area (Å²) >= 11 is 0. The van der Waals surface area contributed by atoms with Crippen LogP contribution in [0.2, 0.25) is 0 Å². The number of nitrogens with zero attached hydrogens (tertiary/aromatic N) is 1. The minimum Gasteiger partial charge on any atom is -0.550 e. The van der Waals surface area contributed by atoms with Gasteiger partial charge in [0, 0.05) is 41.8 Å². The molecule has 1 heterocycles. The quantitative estimate of drug-likeness (QED) is 0.621. The van der Waals surface area contributed by atoms with Crippen molar-refractivity contribution in [3.8, 4) is 0 Å². The molecule has 1 aromatic rings. The Balaban J connectivity index is 0.00000208. The Morgan fingerprint density at radius 3 is 2.58 bits per heavy atom. The van der Waals surface area contributed by atoms with Crippen LogP contribution < -0.4 is 40.0 Å².